The molecular weight excluding hydrogens is 418 g/mol. The maximum absolute atomic E-state index is 12.8. The number of benzene rings is 1. The molecular formula is C25H31N5O3. The van der Waals surface area contributed by atoms with E-state index in [0.29, 0.717) is 31.2 Å². The molecule has 0 spiro atoms. The van der Waals surface area contributed by atoms with Gasteiger partial charge in [-0.1, -0.05) is 29.8 Å². The summed E-state index contributed by atoms with van der Waals surface area (Å²) >= 11 is 0. The fourth-order valence-electron chi connectivity index (χ4n) is 4.69. The minimum Gasteiger partial charge on any atom is -0.347 e. The van der Waals surface area contributed by atoms with Gasteiger partial charge in [-0.25, -0.2) is 9.97 Å². The summed E-state index contributed by atoms with van der Waals surface area (Å²) in [5.74, 6) is 0.926. The first-order chi connectivity index (χ1) is 15.8. The molecule has 2 aliphatic rings. The Morgan fingerprint density at radius 3 is 2.76 bits per heavy atom. The highest BCUT2D eigenvalue weighted by Gasteiger charge is 2.35. The van der Waals surface area contributed by atoms with E-state index in [1.807, 2.05) is 13.0 Å². The molecule has 174 valence electrons. The molecule has 0 bridgehead atoms. The predicted molar refractivity (Wildman–Crippen MR) is 125 cm³/mol. The van der Waals surface area contributed by atoms with Crippen molar-refractivity contribution in [1.29, 1.82) is 0 Å². The van der Waals surface area contributed by atoms with Gasteiger partial charge >= 0.3 is 0 Å². The molecule has 33 heavy (non-hydrogen) atoms. The number of hydrogen-bond acceptors (Lipinski definition) is 5. The molecule has 0 aliphatic carbocycles. The number of carbonyl (C=O) groups excluding carboxylic acids is 3. The molecule has 1 aromatic carbocycles. The number of rotatable bonds is 6. The van der Waals surface area contributed by atoms with E-state index in [2.05, 4.69) is 30.4 Å². The molecule has 3 heterocycles. The van der Waals surface area contributed by atoms with Crippen LogP contribution in [-0.4, -0.2) is 52.2 Å². The van der Waals surface area contributed by atoms with Crippen LogP contribution in [0.5, 0.6) is 0 Å². The van der Waals surface area contributed by atoms with E-state index < -0.39 is 0 Å². The van der Waals surface area contributed by atoms with E-state index in [-0.39, 0.29) is 30.3 Å². The molecule has 1 atom stereocenters. The summed E-state index contributed by atoms with van der Waals surface area (Å²) in [7, 11) is 0. The highest BCUT2D eigenvalue weighted by molar-refractivity contribution is 6.00. The largest absolute Gasteiger partial charge is 0.347 e. The Kier molecular flexibility index (Phi) is 6.72. The van der Waals surface area contributed by atoms with Gasteiger partial charge in [-0.2, -0.15) is 0 Å². The van der Waals surface area contributed by atoms with Crippen molar-refractivity contribution in [3.05, 3.63) is 52.5 Å². The minimum absolute atomic E-state index is 0.0309. The van der Waals surface area contributed by atoms with Gasteiger partial charge in [-0.15, -0.1) is 0 Å². The first kappa shape index (κ1) is 22.9. The third-order valence-electron chi connectivity index (χ3n) is 6.41. The molecule has 1 saturated heterocycles. The third-order valence-corrected chi connectivity index (χ3v) is 6.41. The van der Waals surface area contributed by atoms with Crippen LogP contribution in [0.1, 0.15) is 60.4 Å². The molecule has 3 amide bonds. The van der Waals surface area contributed by atoms with Crippen molar-refractivity contribution >= 4 is 23.5 Å². The lowest BCUT2D eigenvalue weighted by molar-refractivity contribution is -0.136. The molecule has 1 N–H and O–H groups in total. The number of piperidine rings is 1. The molecule has 8 nitrogen and oxygen atoms in total. The molecule has 0 unspecified atom stereocenters. The summed E-state index contributed by atoms with van der Waals surface area (Å²) in [6.07, 6.45) is 3.71. The summed E-state index contributed by atoms with van der Waals surface area (Å²) in [5, 5.41) is 2.59. The first-order valence-corrected chi connectivity index (χ1v) is 11.6. The summed E-state index contributed by atoms with van der Waals surface area (Å²) in [5.41, 5.74) is 4.05. The fraction of sp³-hybridized carbons (Fsp3) is 0.480. The van der Waals surface area contributed by atoms with Gasteiger partial charge in [0.15, 0.2) is 5.82 Å². The molecule has 1 aromatic heterocycles. The van der Waals surface area contributed by atoms with Gasteiger partial charge in [0.25, 0.3) is 0 Å². The van der Waals surface area contributed by atoms with Crippen molar-refractivity contribution in [3.8, 4) is 0 Å². The van der Waals surface area contributed by atoms with Gasteiger partial charge in [0.2, 0.25) is 17.7 Å². The van der Waals surface area contributed by atoms with Crippen LogP contribution < -0.4 is 10.2 Å². The van der Waals surface area contributed by atoms with Crippen LogP contribution in [-0.2, 0) is 27.2 Å². The molecule has 2 aromatic rings. The molecule has 0 saturated carbocycles. The number of fused-ring (bicyclic) bond motifs is 1. The number of anilines is 1. The van der Waals surface area contributed by atoms with Crippen LogP contribution in [0.3, 0.4) is 0 Å². The third kappa shape index (κ3) is 5.05. The lowest BCUT2D eigenvalue weighted by atomic mass is 10.0. The van der Waals surface area contributed by atoms with Gasteiger partial charge in [-0.3, -0.25) is 19.3 Å². The van der Waals surface area contributed by atoms with Gasteiger partial charge in [0.05, 0.1) is 19.0 Å². The second-order valence-electron chi connectivity index (χ2n) is 8.94. The molecule has 8 heteroatoms. The van der Waals surface area contributed by atoms with Crippen LogP contribution in [0.4, 0.5) is 5.82 Å². The lowest BCUT2D eigenvalue weighted by Crippen LogP contribution is -2.44. The van der Waals surface area contributed by atoms with Gasteiger partial charge in [-0.05, 0) is 45.1 Å². The zero-order valence-corrected chi connectivity index (χ0v) is 19.6. The fourth-order valence-corrected chi connectivity index (χ4v) is 4.69. The maximum atomic E-state index is 12.8. The number of nitrogens with one attached hydrogen (secondary N) is 1. The number of likely N-dealkylation sites (tertiary alicyclic amines) is 1. The van der Waals surface area contributed by atoms with Crippen LogP contribution in [0.2, 0.25) is 0 Å². The van der Waals surface area contributed by atoms with Crippen molar-refractivity contribution in [2.75, 3.05) is 24.5 Å². The second kappa shape index (κ2) is 9.68. The van der Waals surface area contributed by atoms with Gasteiger partial charge in [0.1, 0.15) is 5.82 Å². The number of carbonyl (C=O) groups is 3. The Bertz CT molecular complexity index is 1080. The van der Waals surface area contributed by atoms with E-state index in [1.54, 1.807) is 9.80 Å². The normalized spacial score (nSPS) is 17.8. The Morgan fingerprint density at radius 1 is 1.18 bits per heavy atom. The van der Waals surface area contributed by atoms with Crippen LogP contribution in [0.15, 0.2) is 24.3 Å². The van der Waals surface area contributed by atoms with E-state index in [4.69, 9.17) is 9.97 Å². The van der Waals surface area contributed by atoms with E-state index in [9.17, 15) is 14.4 Å². The molecule has 1 fully saturated rings. The highest BCUT2D eigenvalue weighted by Crippen LogP contribution is 2.34. The maximum Gasteiger partial charge on any atom is 0.242 e. The molecule has 4 rings (SSSR count). The van der Waals surface area contributed by atoms with E-state index in [1.165, 1.54) is 18.1 Å². The summed E-state index contributed by atoms with van der Waals surface area (Å²) in [6, 6.07) is 8.05. The number of amides is 3. The first-order valence-electron chi connectivity index (χ1n) is 11.6. The van der Waals surface area contributed by atoms with Crippen LogP contribution >= 0.6 is 0 Å². The minimum atomic E-state index is -0.252. The van der Waals surface area contributed by atoms with Gasteiger partial charge < -0.3 is 10.2 Å². The zero-order valence-electron chi connectivity index (χ0n) is 19.6. The Hall–Kier alpha value is -3.29. The predicted octanol–water partition coefficient (Wildman–Crippen LogP) is 2.41. The number of aryl methyl sites for hydroxylation is 2. The second-order valence-corrected chi connectivity index (χ2v) is 8.94. The summed E-state index contributed by atoms with van der Waals surface area (Å²) < 4.78 is 0. The number of nitrogens with zero attached hydrogens (tertiary/aromatic N) is 4. The van der Waals surface area contributed by atoms with Crippen molar-refractivity contribution in [3.63, 3.8) is 0 Å². The summed E-state index contributed by atoms with van der Waals surface area (Å²) in [4.78, 5) is 50.0. The Labute approximate surface area is 194 Å². The summed E-state index contributed by atoms with van der Waals surface area (Å²) in [6.45, 7) is 6.51. The van der Waals surface area contributed by atoms with Crippen molar-refractivity contribution < 1.29 is 14.4 Å². The topological polar surface area (TPSA) is 95.5 Å². The monoisotopic (exact) mass is 449 g/mol. The Balaban J connectivity index is 1.58. The average molecular weight is 450 g/mol. The SMILES string of the molecule is CC(=O)NCC(=O)N1CCCC[C@H]1c1nc(C)c2c(n1)N(CCc1cccc(C)c1)C(=O)C2. The Morgan fingerprint density at radius 2 is 2.00 bits per heavy atom. The average Bonchev–Trinajstić information content (AvgIpc) is 3.11. The van der Waals surface area contributed by atoms with Crippen molar-refractivity contribution in [1.82, 2.24) is 20.2 Å². The van der Waals surface area contributed by atoms with Crippen molar-refractivity contribution in [2.45, 2.75) is 58.9 Å². The number of hydrogen-bond donors (Lipinski definition) is 1. The van der Waals surface area contributed by atoms with Crippen LogP contribution in [0.25, 0.3) is 0 Å². The number of aromatic nitrogens is 2. The zero-order chi connectivity index (χ0) is 23.5. The highest BCUT2D eigenvalue weighted by atomic mass is 16.2. The quantitative estimate of drug-likeness (QED) is 0.731. The van der Waals surface area contributed by atoms with Gasteiger partial charge in [0, 0.05) is 31.3 Å². The van der Waals surface area contributed by atoms with Crippen molar-refractivity contribution in [2.24, 2.45) is 0 Å². The van der Waals surface area contributed by atoms with E-state index >= 15 is 0 Å². The molecule has 2 aliphatic heterocycles. The lowest BCUT2D eigenvalue weighted by Gasteiger charge is -2.35. The van der Waals surface area contributed by atoms with E-state index in [0.717, 1.165) is 36.9 Å². The molecule has 0 radical (unpaired) electrons. The van der Waals surface area contributed by atoms with Crippen LogP contribution in [0, 0.1) is 13.8 Å². The standard InChI is InChI=1S/C25H31N5O3/c1-16-7-6-8-19(13-16)10-12-30-22(32)14-20-17(2)27-24(28-25(20)30)21-9-4-5-11-29(21)23(33)15-26-18(3)31/h6-8,13,21H,4-5,9-12,14-15H2,1-3H3,(H,26,31)/t21-/m0/s1. The smallest absolute Gasteiger partial charge is 0.242 e.